The molecule has 0 unspecified atom stereocenters. The zero-order valence-electron chi connectivity index (χ0n) is 13.3. The molecule has 0 atom stereocenters. The summed E-state index contributed by atoms with van der Waals surface area (Å²) in [5.74, 6) is 0.636. The van der Waals surface area contributed by atoms with E-state index in [0.717, 1.165) is 38.9 Å². The van der Waals surface area contributed by atoms with Gasteiger partial charge in [-0.3, -0.25) is 4.79 Å². The van der Waals surface area contributed by atoms with Gasteiger partial charge in [-0.05, 0) is 19.3 Å². The van der Waals surface area contributed by atoms with Gasteiger partial charge in [-0.1, -0.05) is 13.8 Å². The molecule has 0 spiro atoms. The van der Waals surface area contributed by atoms with E-state index in [2.05, 4.69) is 29.1 Å². The van der Waals surface area contributed by atoms with Crippen LogP contribution in [0.15, 0.2) is 12.4 Å². The fourth-order valence-corrected chi connectivity index (χ4v) is 1.98. The Balaban J connectivity index is 2.57. The molecule has 0 aliphatic carbocycles. The number of rotatable bonds is 10. The van der Waals surface area contributed by atoms with Gasteiger partial charge in [0.2, 0.25) is 0 Å². The van der Waals surface area contributed by atoms with E-state index in [0.29, 0.717) is 18.1 Å². The minimum Gasteiger partial charge on any atom is -0.385 e. The maximum Gasteiger partial charge on any atom is 0.274 e. The number of nitrogens with zero attached hydrogens (tertiary/aromatic N) is 3. The number of aromatic nitrogens is 2. The van der Waals surface area contributed by atoms with Crippen LogP contribution < -0.4 is 5.32 Å². The molecule has 6 nitrogen and oxygen atoms in total. The molecule has 1 aromatic heterocycles. The van der Waals surface area contributed by atoms with Crippen LogP contribution in [0.4, 0.5) is 5.82 Å². The smallest absolute Gasteiger partial charge is 0.274 e. The Morgan fingerprint density at radius 3 is 2.48 bits per heavy atom. The van der Waals surface area contributed by atoms with Gasteiger partial charge in [0, 0.05) is 33.4 Å². The van der Waals surface area contributed by atoms with Crippen molar-refractivity contribution >= 4 is 11.7 Å². The van der Waals surface area contributed by atoms with Crippen molar-refractivity contribution in [3.63, 3.8) is 0 Å². The second-order valence-corrected chi connectivity index (χ2v) is 4.85. The quantitative estimate of drug-likeness (QED) is 0.670. The van der Waals surface area contributed by atoms with Crippen molar-refractivity contribution in [3.8, 4) is 0 Å². The minimum absolute atomic E-state index is 0.0443. The van der Waals surface area contributed by atoms with E-state index >= 15 is 0 Å². The summed E-state index contributed by atoms with van der Waals surface area (Å²) in [5, 5.41) is 3.15. The second kappa shape index (κ2) is 10.1. The van der Waals surface area contributed by atoms with Crippen molar-refractivity contribution in [3.05, 3.63) is 18.1 Å². The summed E-state index contributed by atoms with van der Waals surface area (Å²) in [6.45, 7) is 7.12. The zero-order chi connectivity index (χ0) is 15.5. The molecule has 1 N–H and O–H groups in total. The number of hydrogen-bond donors (Lipinski definition) is 1. The molecular formula is C15H26N4O2. The Morgan fingerprint density at radius 1 is 1.24 bits per heavy atom. The van der Waals surface area contributed by atoms with Crippen molar-refractivity contribution in [2.24, 2.45) is 0 Å². The van der Waals surface area contributed by atoms with Crippen molar-refractivity contribution < 1.29 is 9.53 Å². The van der Waals surface area contributed by atoms with Gasteiger partial charge in [0.15, 0.2) is 0 Å². The predicted molar refractivity (Wildman–Crippen MR) is 83.5 cm³/mol. The molecule has 1 heterocycles. The average Bonchev–Trinajstić information content (AvgIpc) is 2.51. The Kier molecular flexibility index (Phi) is 8.35. The van der Waals surface area contributed by atoms with Crippen LogP contribution in [0.2, 0.25) is 0 Å². The van der Waals surface area contributed by atoms with Crippen LogP contribution in [0.1, 0.15) is 43.6 Å². The number of ether oxygens (including phenoxy) is 1. The lowest BCUT2D eigenvalue weighted by molar-refractivity contribution is 0.0749. The monoisotopic (exact) mass is 294 g/mol. The van der Waals surface area contributed by atoms with Crippen molar-refractivity contribution in [2.75, 3.05) is 38.7 Å². The number of hydrogen-bond acceptors (Lipinski definition) is 5. The molecule has 0 saturated heterocycles. The Morgan fingerprint density at radius 2 is 1.95 bits per heavy atom. The number of anilines is 1. The molecule has 0 bridgehead atoms. The summed E-state index contributed by atoms with van der Waals surface area (Å²) in [5.41, 5.74) is 0.402. The Bertz CT molecular complexity index is 403. The third-order valence-corrected chi connectivity index (χ3v) is 2.98. The van der Waals surface area contributed by atoms with Crippen LogP contribution in [-0.4, -0.2) is 54.1 Å². The van der Waals surface area contributed by atoms with Crippen LogP contribution in [0.3, 0.4) is 0 Å². The van der Waals surface area contributed by atoms with E-state index in [-0.39, 0.29) is 5.91 Å². The Hall–Kier alpha value is -1.69. The molecular weight excluding hydrogens is 268 g/mol. The van der Waals surface area contributed by atoms with Gasteiger partial charge in [0.1, 0.15) is 11.5 Å². The van der Waals surface area contributed by atoms with Gasteiger partial charge in [-0.25, -0.2) is 9.97 Å². The molecule has 6 heteroatoms. The van der Waals surface area contributed by atoms with Crippen LogP contribution in [0.25, 0.3) is 0 Å². The Labute approximate surface area is 126 Å². The van der Waals surface area contributed by atoms with Gasteiger partial charge in [0.05, 0.1) is 12.4 Å². The van der Waals surface area contributed by atoms with E-state index in [9.17, 15) is 4.79 Å². The first-order valence-electron chi connectivity index (χ1n) is 7.57. The normalized spacial score (nSPS) is 10.4. The van der Waals surface area contributed by atoms with Crippen LogP contribution in [-0.2, 0) is 4.74 Å². The highest BCUT2D eigenvalue weighted by Crippen LogP contribution is 2.06. The van der Waals surface area contributed by atoms with Gasteiger partial charge in [-0.2, -0.15) is 0 Å². The summed E-state index contributed by atoms with van der Waals surface area (Å²) in [6.07, 6.45) is 5.94. The van der Waals surface area contributed by atoms with Gasteiger partial charge < -0.3 is 15.0 Å². The summed E-state index contributed by atoms with van der Waals surface area (Å²) >= 11 is 0. The van der Waals surface area contributed by atoms with E-state index in [1.165, 1.54) is 0 Å². The fraction of sp³-hybridized carbons (Fsp3) is 0.667. The SMILES string of the molecule is CCCN(CCC)C(=O)c1cnc(NCCCOC)cn1. The maximum absolute atomic E-state index is 12.3. The van der Waals surface area contributed by atoms with E-state index in [1.807, 2.05) is 4.90 Å². The summed E-state index contributed by atoms with van der Waals surface area (Å²) in [7, 11) is 1.68. The van der Waals surface area contributed by atoms with Gasteiger partial charge in [0.25, 0.3) is 5.91 Å². The lowest BCUT2D eigenvalue weighted by atomic mass is 10.3. The van der Waals surface area contributed by atoms with Crippen LogP contribution >= 0.6 is 0 Å². The predicted octanol–water partition coefficient (Wildman–Crippen LogP) is 2.19. The zero-order valence-corrected chi connectivity index (χ0v) is 13.3. The molecule has 0 radical (unpaired) electrons. The van der Waals surface area contributed by atoms with Crippen LogP contribution in [0.5, 0.6) is 0 Å². The number of methoxy groups -OCH3 is 1. The lowest BCUT2D eigenvalue weighted by Gasteiger charge is -2.20. The third kappa shape index (κ3) is 6.08. The highest BCUT2D eigenvalue weighted by molar-refractivity contribution is 5.92. The van der Waals surface area contributed by atoms with E-state index in [4.69, 9.17) is 4.74 Å². The third-order valence-electron chi connectivity index (χ3n) is 2.98. The van der Waals surface area contributed by atoms with Crippen LogP contribution in [0, 0.1) is 0 Å². The summed E-state index contributed by atoms with van der Waals surface area (Å²) in [6, 6.07) is 0. The van der Waals surface area contributed by atoms with E-state index < -0.39 is 0 Å². The highest BCUT2D eigenvalue weighted by atomic mass is 16.5. The molecule has 118 valence electrons. The fourth-order valence-electron chi connectivity index (χ4n) is 1.98. The first-order chi connectivity index (χ1) is 10.2. The molecule has 1 aromatic rings. The van der Waals surface area contributed by atoms with Crippen molar-refractivity contribution in [1.82, 2.24) is 14.9 Å². The highest BCUT2D eigenvalue weighted by Gasteiger charge is 2.15. The average molecular weight is 294 g/mol. The number of carbonyl (C=O) groups is 1. The maximum atomic E-state index is 12.3. The van der Waals surface area contributed by atoms with Gasteiger partial charge >= 0.3 is 0 Å². The number of carbonyl (C=O) groups excluding carboxylic acids is 1. The van der Waals surface area contributed by atoms with Gasteiger partial charge in [-0.15, -0.1) is 0 Å². The summed E-state index contributed by atoms with van der Waals surface area (Å²) in [4.78, 5) is 22.6. The molecule has 0 aliphatic rings. The number of amides is 1. The molecule has 1 rings (SSSR count). The molecule has 0 saturated carbocycles. The first kappa shape index (κ1) is 17.4. The first-order valence-corrected chi connectivity index (χ1v) is 7.57. The van der Waals surface area contributed by atoms with E-state index in [1.54, 1.807) is 19.5 Å². The topological polar surface area (TPSA) is 67.4 Å². The second-order valence-electron chi connectivity index (χ2n) is 4.85. The van der Waals surface area contributed by atoms with Crippen molar-refractivity contribution in [1.29, 1.82) is 0 Å². The number of nitrogens with one attached hydrogen (secondary N) is 1. The largest absolute Gasteiger partial charge is 0.385 e. The molecule has 0 fully saturated rings. The minimum atomic E-state index is -0.0443. The summed E-state index contributed by atoms with van der Waals surface area (Å²) < 4.78 is 4.98. The molecule has 1 amide bonds. The standard InChI is InChI=1S/C15H26N4O2/c1-4-8-19(9-5-2)15(20)13-11-18-14(12-17-13)16-7-6-10-21-3/h11-12H,4-10H2,1-3H3,(H,16,18). The molecule has 0 aliphatic heterocycles. The lowest BCUT2D eigenvalue weighted by Crippen LogP contribution is -2.33. The molecule has 0 aromatic carbocycles. The molecule has 21 heavy (non-hydrogen) atoms. The van der Waals surface area contributed by atoms with Crippen molar-refractivity contribution in [2.45, 2.75) is 33.1 Å².